The minimum atomic E-state index is -0.658. The highest BCUT2D eigenvalue weighted by atomic mass is 19.1. The predicted molar refractivity (Wildman–Crippen MR) is 129 cm³/mol. The second-order valence-electron chi connectivity index (χ2n) is 9.03. The average molecular weight is 493 g/mol. The fourth-order valence-electron chi connectivity index (χ4n) is 4.24. The summed E-state index contributed by atoms with van der Waals surface area (Å²) in [6.07, 6.45) is 4.12. The Labute approximate surface area is 204 Å². The number of hydrogen-bond acceptors (Lipinski definition) is 5. The van der Waals surface area contributed by atoms with Crippen LogP contribution < -0.4 is 10.6 Å². The third kappa shape index (κ3) is 7.66. The zero-order chi connectivity index (χ0) is 25.4. The number of oxime groups is 1. The second-order valence-corrected chi connectivity index (χ2v) is 9.03. The smallest absolute Gasteiger partial charge is 0.414 e. The quantitative estimate of drug-likeness (QED) is 0.379. The molecule has 1 aliphatic heterocycles. The van der Waals surface area contributed by atoms with Gasteiger partial charge < -0.3 is 25.1 Å². The van der Waals surface area contributed by atoms with Crippen LogP contribution in [0.1, 0.15) is 70.3 Å². The lowest BCUT2D eigenvalue weighted by atomic mass is 9.83. The van der Waals surface area contributed by atoms with Crippen molar-refractivity contribution in [2.45, 2.75) is 70.8 Å². The summed E-state index contributed by atoms with van der Waals surface area (Å²) in [4.78, 5) is 31.0. The number of carbonyl (C=O) groups is 2. The topological polar surface area (TPSA) is 92.3 Å². The third-order valence-corrected chi connectivity index (χ3v) is 6.17. The number of rotatable bonds is 7. The van der Waals surface area contributed by atoms with E-state index >= 15 is 0 Å². The van der Waals surface area contributed by atoms with Crippen molar-refractivity contribution >= 4 is 23.5 Å². The van der Waals surface area contributed by atoms with Gasteiger partial charge in [0.05, 0.1) is 17.2 Å². The van der Waals surface area contributed by atoms with Crippen molar-refractivity contribution in [3.8, 4) is 0 Å². The molecular weight excluding hydrogens is 458 g/mol. The molecule has 1 heterocycles. The van der Waals surface area contributed by atoms with Crippen LogP contribution in [0, 0.1) is 11.6 Å². The molecule has 35 heavy (non-hydrogen) atoms. The maximum absolute atomic E-state index is 14.7. The van der Waals surface area contributed by atoms with Crippen molar-refractivity contribution < 1.29 is 27.9 Å². The van der Waals surface area contributed by atoms with Gasteiger partial charge in [0, 0.05) is 38.5 Å². The lowest BCUT2D eigenvalue weighted by Gasteiger charge is -2.30. The monoisotopic (exact) mass is 492 g/mol. The molecule has 1 aromatic carbocycles. The Bertz CT molecular complexity index is 951. The number of nitrogens with one attached hydrogen (secondary N) is 2. The van der Waals surface area contributed by atoms with E-state index < -0.39 is 23.8 Å². The highest BCUT2D eigenvalue weighted by Gasteiger charge is 2.27. The van der Waals surface area contributed by atoms with Crippen molar-refractivity contribution in [2.24, 2.45) is 5.16 Å². The summed E-state index contributed by atoms with van der Waals surface area (Å²) in [5.74, 6) is -0.959. The SMILES string of the molecule is C=C(C)OC(=O)N1CCC(ON=C2CCC(c3cc(F)c(NC(=O)NCCC)cc3F)CC2)CC1. The van der Waals surface area contributed by atoms with Crippen LogP contribution in [0.4, 0.5) is 24.1 Å². The van der Waals surface area contributed by atoms with E-state index in [-0.39, 0.29) is 17.7 Å². The highest BCUT2D eigenvalue weighted by Crippen LogP contribution is 2.35. The fourth-order valence-corrected chi connectivity index (χ4v) is 4.24. The van der Waals surface area contributed by atoms with Gasteiger partial charge in [-0.2, -0.15) is 0 Å². The summed E-state index contributed by atoms with van der Waals surface area (Å²) < 4.78 is 34.3. The Morgan fingerprint density at radius 2 is 1.83 bits per heavy atom. The normalized spacial score (nSPS) is 18.6. The van der Waals surface area contributed by atoms with Crippen LogP contribution >= 0.6 is 0 Å². The Morgan fingerprint density at radius 1 is 1.14 bits per heavy atom. The molecule has 3 rings (SSSR count). The van der Waals surface area contributed by atoms with Gasteiger partial charge in [-0.1, -0.05) is 18.7 Å². The van der Waals surface area contributed by atoms with Crippen LogP contribution in [0.5, 0.6) is 0 Å². The molecule has 8 nitrogen and oxygen atoms in total. The number of halogens is 2. The summed E-state index contributed by atoms with van der Waals surface area (Å²) >= 11 is 0. The largest absolute Gasteiger partial charge is 0.416 e. The van der Waals surface area contributed by atoms with Gasteiger partial charge in [0.15, 0.2) is 0 Å². The van der Waals surface area contributed by atoms with Crippen LogP contribution in [0.2, 0.25) is 0 Å². The number of carbonyl (C=O) groups excluding carboxylic acids is 2. The molecule has 2 fully saturated rings. The molecule has 0 radical (unpaired) electrons. The second kappa shape index (κ2) is 12.5. The molecule has 1 saturated heterocycles. The van der Waals surface area contributed by atoms with Crippen molar-refractivity contribution in [2.75, 3.05) is 25.0 Å². The van der Waals surface area contributed by atoms with Gasteiger partial charge in [-0.15, -0.1) is 0 Å². The van der Waals surface area contributed by atoms with Crippen molar-refractivity contribution in [3.05, 3.63) is 41.7 Å². The van der Waals surface area contributed by atoms with Crippen molar-refractivity contribution in [1.29, 1.82) is 0 Å². The van der Waals surface area contributed by atoms with Crippen LogP contribution in [0.25, 0.3) is 0 Å². The summed E-state index contributed by atoms with van der Waals surface area (Å²) in [6.45, 7) is 8.61. The highest BCUT2D eigenvalue weighted by molar-refractivity contribution is 5.89. The first kappa shape index (κ1) is 26.4. The Balaban J connectivity index is 1.47. The predicted octanol–water partition coefficient (Wildman–Crippen LogP) is 5.66. The first-order valence-corrected chi connectivity index (χ1v) is 12.1. The van der Waals surface area contributed by atoms with E-state index in [9.17, 15) is 18.4 Å². The van der Waals surface area contributed by atoms with Gasteiger partial charge in [0.2, 0.25) is 0 Å². The number of urea groups is 1. The Morgan fingerprint density at radius 3 is 2.46 bits per heavy atom. The molecule has 2 N–H and O–H groups in total. The van der Waals surface area contributed by atoms with Gasteiger partial charge >= 0.3 is 12.1 Å². The molecule has 10 heteroatoms. The fraction of sp³-hybridized carbons (Fsp3) is 0.560. The zero-order valence-corrected chi connectivity index (χ0v) is 20.4. The summed E-state index contributed by atoms with van der Waals surface area (Å²) in [7, 11) is 0. The van der Waals surface area contributed by atoms with E-state index in [0.29, 0.717) is 69.5 Å². The van der Waals surface area contributed by atoms with Gasteiger partial charge in [-0.25, -0.2) is 18.4 Å². The lowest BCUT2D eigenvalue weighted by Crippen LogP contribution is -2.40. The van der Waals surface area contributed by atoms with Crippen LogP contribution in [0.15, 0.2) is 29.6 Å². The molecule has 0 spiro atoms. The average Bonchev–Trinajstić information content (AvgIpc) is 2.83. The van der Waals surface area contributed by atoms with E-state index in [1.165, 1.54) is 6.07 Å². The minimum Gasteiger partial charge on any atom is -0.416 e. The molecule has 0 bridgehead atoms. The number of likely N-dealkylation sites (tertiary alicyclic amines) is 1. The molecule has 3 amide bonds. The van der Waals surface area contributed by atoms with Gasteiger partial charge in [0.25, 0.3) is 0 Å². The first-order chi connectivity index (χ1) is 16.8. The van der Waals surface area contributed by atoms with Crippen molar-refractivity contribution in [1.82, 2.24) is 10.2 Å². The molecule has 1 saturated carbocycles. The van der Waals surface area contributed by atoms with E-state index in [0.717, 1.165) is 18.2 Å². The number of ether oxygens (including phenoxy) is 1. The van der Waals surface area contributed by atoms with E-state index in [2.05, 4.69) is 22.4 Å². The molecule has 1 aliphatic carbocycles. The molecule has 192 valence electrons. The van der Waals surface area contributed by atoms with Gasteiger partial charge in [-0.05, 0) is 56.6 Å². The number of piperidine rings is 1. The maximum atomic E-state index is 14.7. The van der Waals surface area contributed by atoms with E-state index in [1.807, 2.05) is 6.92 Å². The summed E-state index contributed by atoms with van der Waals surface area (Å²) in [5.41, 5.74) is 1.04. The number of benzene rings is 1. The Kier molecular flexibility index (Phi) is 9.45. The number of hydrogen-bond donors (Lipinski definition) is 2. The third-order valence-electron chi connectivity index (χ3n) is 6.17. The first-order valence-electron chi connectivity index (χ1n) is 12.1. The van der Waals surface area contributed by atoms with E-state index in [4.69, 9.17) is 9.57 Å². The van der Waals surface area contributed by atoms with E-state index in [1.54, 1.807) is 11.8 Å². The van der Waals surface area contributed by atoms with Crippen LogP contribution in [0.3, 0.4) is 0 Å². The number of amides is 3. The number of nitrogens with zero attached hydrogens (tertiary/aromatic N) is 2. The molecule has 0 atom stereocenters. The standard InChI is InChI=1S/C25H34F2N4O4/c1-4-11-28-24(32)29-23-15-21(26)20(14-22(23)27)17-5-7-18(8-6-17)30-35-19-9-12-31(13-10-19)25(33)34-16(2)3/h14-15,17,19H,2,4-13H2,1,3H3,(H2,28,29,32). The molecule has 2 aliphatic rings. The molecule has 0 aromatic heterocycles. The minimum absolute atomic E-state index is 0.0739. The maximum Gasteiger partial charge on any atom is 0.414 e. The van der Waals surface area contributed by atoms with Crippen LogP contribution in [-0.4, -0.2) is 48.5 Å². The number of anilines is 1. The lowest BCUT2D eigenvalue weighted by molar-refractivity contribution is 0.0111. The molecule has 0 unspecified atom stereocenters. The van der Waals surface area contributed by atoms with Crippen LogP contribution in [-0.2, 0) is 9.57 Å². The molecule has 1 aromatic rings. The summed E-state index contributed by atoms with van der Waals surface area (Å²) in [5, 5.41) is 9.23. The van der Waals surface area contributed by atoms with Crippen molar-refractivity contribution in [3.63, 3.8) is 0 Å². The summed E-state index contributed by atoms with van der Waals surface area (Å²) in [6, 6.07) is 1.66. The van der Waals surface area contributed by atoms with Gasteiger partial charge in [0.1, 0.15) is 17.7 Å². The zero-order valence-electron chi connectivity index (χ0n) is 20.4. The molecular formula is C25H34F2N4O4. The Hall–Kier alpha value is -3.17. The van der Waals surface area contributed by atoms with Gasteiger partial charge in [-0.3, -0.25) is 0 Å². The number of allylic oxidation sites excluding steroid dienone is 1.